The van der Waals surface area contributed by atoms with E-state index < -0.39 is 0 Å². The fraction of sp³-hybridized carbons (Fsp3) is 0.478. The van der Waals surface area contributed by atoms with E-state index >= 15 is 0 Å². The summed E-state index contributed by atoms with van der Waals surface area (Å²) in [6.45, 7) is 13.5. The van der Waals surface area contributed by atoms with Crippen molar-refractivity contribution in [3.05, 3.63) is 69.8 Å². The quantitative estimate of drug-likeness (QED) is 0.558. The summed E-state index contributed by atoms with van der Waals surface area (Å²) >= 11 is 0. The van der Waals surface area contributed by atoms with Crippen LogP contribution in [0.3, 0.4) is 0 Å². The van der Waals surface area contributed by atoms with Gasteiger partial charge >= 0.3 is 0 Å². The van der Waals surface area contributed by atoms with Crippen molar-refractivity contribution in [1.82, 2.24) is 0 Å². The Labute approximate surface area is 143 Å². The van der Waals surface area contributed by atoms with Crippen molar-refractivity contribution in [3.63, 3.8) is 0 Å². The third-order valence-electron chi connectivity index (χ3n) is 4.88. The second-order valence-electron chi connectivity index (χ2n) is 7.53. The van der Waals surface area contributed by atoms with Gasteiger partial charge < -0.3 is 0 Å². The number of rotatable bonds is 6. The molecule has 0 bridgehead atoms. The lowest BCUT2D eigenvalue weighted by Crippen LogP contribution is -2.09. The molecule has 0 fully saturated rings. The monoisotopic (exact) mass is 308 g/mol. The van der Waals surface area contributed by atoms with Crippen molar-refractivity contribution in [2.24, 2.45) is 5.92 Å². The molecule has 0 heterocycles. The highest BCUT2D eigenvalue weighted by Gasteiger charge is 2.15. The summed E-state index contributed by atoms with van der Waals surface area (Å²) in [5, 5.41) is 0. The zero-order chi connectivity index (χ0) is 17.0. The minimum Gasteiger partial charge on any atom is -0.0651 e. The van der Waals surface area contributed by atoms with Gasteiger partial charge in [-0.15, -0.1) is 0 Å². The van der Waals surface area contributed by atoms with Gasteiger partial charge in [-0.1, -0.05) is 78.9 Å². The minimum absolute atomic E-state index is 0.629. The molecule has 2 rings (SSSR count). The molecule has 0 aliphatic rings. The van der Waals surface area contributed by atoms with Crippen LogP contribution in [0.1, 0.15) is 66.0 Å². The molecule has 0 radical (unpaired) electrons. The molecular weight excluding hydrogens is 276 g/mol. The molecule has 0 amide bonds. The predicted octanol–water partition coefficient (Wildman–Crippen LogP) is 6.68. The highest BCUT2D eigenvalue weighted by atomic mass is 14.2. The molecule has 0 aliphatic heterocycles. The highest BCUT2D eigenvalue weighted by Crippen LogP contribution is 2.29. The smallest absolute Gasteiger partial charge is 0.0187 e. The van der Waals surface area contributed by atoms with E-state index in [4.69, 9.17) is 0 Å². The van der Waals surface area contributed by atoms with Crippen LogP contribution in [0.15, 0.2) is 36.4 Å². The van der Waals surface area contributed by atoms with Gasteiger partial charge in [-0.3, -0.25) is 0 Å². The molecule has 0 heteroatoms. The van der Waals surface area contributed by atoms with Crippen LogP contribution in [0.2, 0.25) is 0 Å². The van der Waals surface area contributed by atoms with Crippen LogP contribution in [-0.2, 0) is 6.42 Å². The Morgan fingerprint density at radius 2 is 1.22 bits per heavy atom. The van der Waals surface area contributed by atoms with Crippen molar-refractivity contribution in [2.75, 3.05) is 0 Å². The van der Waals surface area contributed by atoms with Gasteiger partial charge in [0.05, 0.1) is 0 Å². The van der Waals surface area contributed by atoms with Gasteiger partial charge in [-0.05, 0) is 63.5 Å². The molecule has 0 N–H and O–H groups in total. The first-order chi connectivity index (χ1) is 10.9. The van der Waals surface area contributed by atoms with E-state index in [2.05, 4.69) is 77.9 Å². The average Bonchev–Trinajstić information content (AvgIpc) is 2.44. The maximum Gasteiger partial charge on any atom is -0.0187 e. The second-order valence-corrected chi connectivity index (χ2v) is 7.53. The Kier molecular flexibility index (Phi) is 6.04. The van der Waals surface area contributed by atoms with Gasteiger partial charge in [0.2, 0.25) is 0 Å². The van der Waals surface area contributed by atoms with E-state index in [1.165, 1.54) is 52.6 Å². The molecule has 2 aromatic rings. The summed E-state index contributed by atoms with van der Waals surface area (Å²) < 4.78 is 0. The first kappa shape index (κ1) is 17.8. The summed E-state index contributed by atoms with van der Waals surface area (Å²) in [5.74, 6) is 1.39. The maximum absolute atomic E-state index is 2.39. The first-order valence-electron chi connectivity index (χ1n) is 9.02. The Balaban J connectivity index is 2.09. The van der Waals surface area contributed by atoms with E-state index in [9.17, 15) is 0 Å². The lowest BCUT2D eigenvalue weighted by Gasteiger charge is -2.21. The van der Waals surface area contributed by atoms with Crippen molar-refractivity contribution < 1.29 is 0 Å². The molecule has 2 unspecified atom stereocenters. The number of aryl methyl sites for hydroxylation is 4. The Bertz CT molecular complexity index is 611. The number of benzene rings is 2. The molecule has 2 aromatic carbocycles. The molecule has 124 valence electrons. The van der Waals surface area contributed by atoms with Crippen LogP contribution in [0, 0.1) is 33.6 Å². The SMILES string of the molecule is CCC(Cc1cc(C)cc(C)c1)CC(C)c1cc(C)cc(C)c1. The molecule has 0 saturated heterocycles. The lowest BCUT2D eigenvalue weighted by atomic mass is 9.84. The largest absolute Gasteiger partial charge is 0.0651 e. The van der Waals surface area contributed by atoms with Gasteiger partial charge in [0.15, 0.2) is 0 Å². The zero-order valence-corrected chi connectivity index (χ0v) is 15.7. The van der Waals surface area contributed by atoms with Crippen LogP contribution < -0.4 is 0 Å². The van der Waals surface area contributed by atoms with Gasteiger partial charge in [0.1, 0.15) is 0 Å². The third kappa shape index (κ3) is 5.23. The van der Waals surface area contributed by atoms with Crippen LogP contribution in [-0.4, -0.2) is 0 Å². The zero-order valence-electron chi connectivity index (χ0n) is 15.7. The van der Waals surface area contributed by atoms with Crippen LogP contribution in [0.4, 0.5) is 0 Å². The molecule has 23 heavy (non-hydrogen) atoms. The summed E-state index contributed by atoms with van der Waals surface area (Å²) in [6.07, 6.45) is 3.72. The van der Waals surface area contributed by atoms with E-state index in [-0.39, 0.29) is 0 Å². The van der Waals surface area contributed by atoms with E-state index in [1.807, 2.05) is 0 Å². The van der Waals surface area contributed by atoms with Gasteiger partial charge in [0.25, 0.3) is 0 Å². The topological polar surface area (TPSA) is 0 Å². The second kappa shape index (κ2) is 7.81. The molecule has 0 spiro atoms. The fourth-order valence-electron chi connectivity index (χ4n) is 3.85. The standard InChI is InChI=1S/C23H32/c1-7-21(15-22-10-16(2)8-17(3)11-22)14-20(6)23-12-18(4)9-19(5)13-23/h8-13,20-21H,7,14-15H2,1-6H3. The van der Waals surface area contributed by atoms with Crippen molar-refractivity contribution in [3.8, 4) is 0 Å². The predicted molar refractivity (Wildman–Crippen MR) is 102 cm³/mol. The normalized spacial score (nSPS) is 13.8. The Hall–Kier alpha value is -1.56. The molecule has 0 nitrogen and oxygen atoms in total. The third-order valence-corrected chi connectivity index (χ3v) is 4.88. The molecule has 2 atom stereocenters. The molecule has 0 aliphatic carbocycles. The lowest BCUT2D eigenvalue weighted by molar-refractivity contribution is 0.431. The summed E-state index contributed by atoms with van der Waals surface area (Å²) in [5.41, 5.74) is 8.54. The van der Waals surface area contributed by atoms with E-state index in [1.54, 1.807) is 0 Å². The fourth-order valence-corrected chi connectivity index (χ4v) is 3.85. The van der Waals surface area contributed by atoms with Crippen LogP contribution >= 0.6 is 0 Å². The Morgan fingerprint density at radius 3 is 1.70 bits per heavy atom. The molecule has 0 saturated carbocycles. The van der Waals surface area contributed by atoms with E-state index in [0.29, 0.717) is 5.92 Å². The van der Waals surface area contributed by atoms with Crippen molar-refractivity contribution in [1.29, 1.82) is 0 Å². The average molecular weight is 309 g/mol. The van der Waals surface area contributed by atoms with Gasteiger partial charge in [0, 0.05) is 0 Å². The first-order valence-corrected chi connectivity index (χ1v) is 9.02. The van der Waals surface area contributed by atoms with Gasteiger partial charge in [-0.2, -0.15) is 0 Å². The van der Waals surface area contributed by atoms with Crippen molar-refractivity contribution >= 4 is 0 Å². The highest BCUT2D eigenvalue weighted by molar-refractivity contribution is 5.31. The minimum atomic E-state index is 0.629. The van der Waals surface area contributed by atoms with Crippen molar-refractivity contribution in [2.45, 2.75) is 66.7 Å². The maximum atomic E-state index is 2.39. The Morgan fingerprint density at radius 1 is 0.739 bits per heavy atom. The summed E-state index contributed by atoms with van der Waals surface area (Å²) in [4.78, 5) is 0. The van der Waals surface area contributed by atoms with E-state index in [0.717, 1.165) is 5.92 Å². The van der Waals surface area contributed by atoms with Crippen LogP contribution in [0.25, 0.3) is 0 Å². The number of hydrogen-bond acceptors (Lipinski definition) is 0. The van der Waals surface area contributed by atoms with Crippen LogP contribution in [0.5, 0.6) is 0 Å². The summed E-state index contributed by atoms with van der Waals surface area (Å²) in [6, 6.07) is 14.0. The molecule has 0 aromatic heterocycles. The van der Waals surface area contributed by atoms with Gasteiger partial charge in [-0.25, -0.2) is 0 Å². The number of hydrogen-bond donors (Lipinski definition) is 0. The summed E-state index contributed by atoms with van der Waals surface area (Å²) in [7, 11) is 0. The molecular formula is C23H32.